The van der Waals surface area contributed by atoms with Gasteiger partial charge < -0.3 is 5.32 Å². The first kappa shape index (κ1) is 17.4. The van der Waals surface area contributed by atoms with Crippen molar-refractivity contribution in [2.75, 3.05) is 5.32 Å². The summed E-state index contributed by atoms with van der Waals surface area (Å²) < 4.78 is 0. The number of fused-ring (bicyclic) bond motifs is 4. The van der Waals surface area contributed by atoms with Gasteiger partial charge in [-0.15, -0.1) is 0 Å². The molecule has 4 atom stereocenters. The molecule has 0 bridgehead atoms. The van der Waals surface area contributed by atoms with Gasteiger partial charge in [-0.2, -0.15) is 0 Å². The molecule has 142 valence electrons. The average Bonchev–Trinajstić information content (AvgIpc) is 3.23. The Bertz CT molecular complexity index is 1040. The zero-order chi connectivity index (χ0) is 19.6. The van der Waals surface area contributed by atoms with Crippen molar-refractivity contribution in [3.63, 3.8) is 0 Å². The number of imide groups is 1. The van der Waals surface area contributed by atoms with E-state index in [1.54, 1.807) is 18.2 Å². The zero-order valence-corrected chi connectivity index (χ0v) is 15.9. The van der Waals surface area contributed by atoms with E-state index in [4.69, 9.17) is 11.6 Å². The lowest BCUT2D eigenvalue weighted by Crippen LogP contribution is -2.52. The van der Waals surface area contributed by atoms with Crippen molar-refractivity contribution >= 4 is 35.0 Å². The lowest BCUT2D eigenvalue weighted by atomic mass is 9.76. The minimum Gasteiger partial charge on any atom is -0.324 e. The average molecular weight is 396 g/mol. The van der Waals surface area contributed by atoms with Gasteiger partial charge in [-0.25, -0.2) is 0 Å². The van der Waals surface area contributed by atoms with Crippen molar-refractivity contribution in [1.82, 2.24) is 10.2 Å². The SMILES string of the molecule is C[C@H]1N[C@]2(C(=O)Nc3ccccc32)[C@@H]2C(=O)N(Cc3ccccc3Cl)C(=O)[C@@H]21. The van der Waals surface area contributed by atoms with Crippen LogP contribution in [0.4, 0.5) is 5.69 Å². The monoisotopic (exact) mass is 395 g/mol. The Balaban J connectivity index is 1.58. The standard InChI is InChI=1S/C21H18ClN3O3/c1-11-16-17(21(24-11)13-7-3-5-9-15(13)23-20(21)28)19(27)25(18(16)26)10-12-6-2-4-8-14(12)22/h2-9,11,16-17,24H,10H2,1H3,(H,23,28)/t11-,16-,17+,21+/m1/s1. The van der Waals surface area contributed by atoms with Crippen LogP contribution in [-0.2, 0) is 26.5 Å². The van der Waals surface area contributed by atoms with Crippen LogP contribution in [0.5, 0.6) is 0 Å². The number of carbonyl (C=O) groups excluding carboxylic acids is 3. The van der Waals surface area contributed by atoms with Crippen molar-refractivity contribution in [1.29, 1.82) is 0 Å². The van der Waals surface area contributed by atoms with Crippen LogP contribution in [0.3, 0.4) is 0 Å². The summed E-state index contributed by atoms with van der Waals surface area (Å²) >= 11 is 6.23. The van der Waals surface area contributed by atoms with Crippen LogP contribution in [0, 0.1) is 11.8 Å². The summed E-state index contributed by atoms with van der Waals surface area (Å²) in [7, 11) is 0. The highest BCUT2D eigenvalue weighted by molar-refractivity contribution is 6.31. The van der Waals surface area contributed by atoms with Crippen LogP contribution >= 0.6 is 11.6 Å². The Kier molecular flexibility index (Phi) is 3.66. The van der Waals surface area contributed by atoms with Crippen LogP contribution in [0.25, 0.3) is 0 Å². The van der Waals surface area contributed by atoms with E-state index in [9.17, 15) is 14.4 Å². The number of hydrogen-bond acceptors (Lipinski definition) is 4. The van der Waals surface area contributed by atoms with Gasteiger partial charge in [0.1, 0.15) is 5.54 Å². The number of para-hydroxylation sites is 1. The van der Waals surface area contributed by atoms with E-state index < -0.39 is 17.4 Å². The van der Waals surface area contributed by atoms with E-state index in [1.165, 1.54) is 4.90 Å². The third-order valence-corrected chi connectivity index (χ3v) is 6.52. The van der Waals surface area contributed by atoms with Crippen LogP contribution < -0.4 is 10.6 Å². The predicted octanol–water partition coefficient (Wildman–Crippen LogP) is 2.28. The van der Waals surface area contributed by atoms with E-state index in [0.29, 0.717) is 16.3 Å². The first-order valence-electron chi connectivity index (χ1n) is 9.22. The predicted molar refractivity (Wildman–Crippen MR) is 103 cm³/mol. The van der Waals surface area contributed by atoms with Gasteiger partial charge in [0, 0.05) is 22.3 Å². The van der Waals surface area contributed by atoms with Crippen molar-refractivity contribution in [2.24, 2.45) is 11.8 Å². The molecule has 0 radical (unpaired) electrons. The molecular formula is C21H18ClN3O3. The second kappa shape index (κ2) is 5.90. The molecule has 2 aromatic rings. The van der Waals surface area contributed by atoms with Crippen LogP contribution in [0.2, 0.25) is 5.02 Å². The van der Waals surface area contributed by atoms with Gasteiger partial charge >= 0.3 is 0 Å². The fourth-order valence-electron chi connectivity index (χ4n) is 4.93. The molecule has 7 heteroatoms. The third-order valence-electron chi connectivity index (χ3n) is 6.15. The maximum Gasteiger partial charge on any atom is 0.250 e. The number of benzene rings is 2. The first-order valence-corrected chi connectivity index (χ1v) is 9.60. The van der Waals surface area contributed by atoms with Crippen molar-refractivity contribution in [2.45, 2.75) is 25.0 Å². The Morgan fingerprint density at radius 2 is 1.75 bits per heavy atom. The minimum absolute atomic E-state index is 0.108. The summed E-state index contributed by atoms with van der Waals surface area (Å²) in [6, 6.07) is 14.2. The van der Waals surface area contributed by atoms with E-state index in [-0.39, 0.29) is 30.3 Å². The van der Waals surface area contributed by atoms with Crippen molar-refractivity contribution in [3.8, 4) is 0 Å². The van der Waals surface area contributed by atoms with Gasteiger partial charge in [-0.05, 0) is 24.6 Å². The number of halogens is 1. The minimum atomic E-state index is -1.22. The van der Waals surface area contributed by atoms with Gasteiger partial charge in [-0.3, -0.25) is 24.6 Å². The number of anilines is 1. The van der Waals surface area contributed by atoms with Gasteiger partial charge in [-0.1, -0.05) is 48.0 Å². The highest BCUT2D eigenvalue weighted by atomic mass is 35.5. The number of amides is 3. The molecule has 2 aromatic carbocycles. The fraction of sp³-hybridized carbons (Fsp3) is 0.286. The Hall–Kier alpha value is -2.70. The number of hydrogen-bond donors (Lipinski definition) is 2. The number of nitrogens with zero attached hydrogens (tertiary/aromatic N) is 1. The third kappa shape index (κ3) is 2.10. The van der Waals surface area contributed by atoms with E-state index >= 15 is 0 Å². The molecule has 2 fully saturated rings. The topological polar surface area (TPSA) is 78.5 Å². The molecule has 3 heterocycles. The van der Waals surface area contributed by atoms with Crippen LogP contribution in [-0.4, -0.2) is 28.7 Å². The molecule has 2 saturated heterocycles. The second-order valence-electron chi connectivity index (χ2n) is 7.60. The molecule has 1 spiro atoms. The molecule has 6 nitrogen and oxygen atoms in total. The van der Waals surface area contributed by atoms with Gasteiger partial charge in [0.15, 0.2) is 0 Å². The number of carbonyl (C=O) groups is 3. The normalized spacial score (nSPS) is 30.7. The van der Waals surface area contributed by atoms with Crippen LogP contribution in [0.15, 0.2) is 48.5 Å². The number of likely N-dealkylation sites (tertiary alicyclic amines) is 1. The fourth-order valence-corrected chi connectivity index (χ4v) is 5.13. The molecule has 2 N–H and O–H groups in total. The van der Waals surface area contributed by atoms with Crippen molar-refractivity contribution in [3.05, 3.63) is 64.7 Å². The Morgan fingerprint density at radius 3 is 2.54 bits per heavy atom. The Labute approximate surface area is 166 Å². The van der Waals surface area contributed by atoms with E-state index in [0.717, 1.165) is 5.56 Å². The summed E-state index contributed by atoms with van der Waals surface area (Å²) in [5.41, 5.74) is 0.886. The lowest BCUT2D eigenvalue weighted by Gasteiger charge is -2.29. The molecule has 28 heavy (non-hydrogen) atoms. The zero-order valence-electron chi connectivity index (χ0n) is 15.1. The maximum absolute atomic E-state index is 13.4. The molecule has 0 saturated carbocycles. The molecule has 3 aliphatic rings. The first-order chi connectivity index (χ1) is 13.4. The van der Waals surface area contributed by atoms with Gasteiger partial charge in [0.05, 0.1) is 18.4 Å². The molecule has 0 unspecified atom stereocenters. The summed E-state index contributed by atoms with van der Waals surface area (Å²) in [4.78, 5) is 40.9. The van der Waals surface area contributed by atoms with E-state index in [2.05, 4.69) is 10.6 Å². The highest BCUT2D eigenvalue weighted by Gasteiger charge is 2.69. The summed E-state index contributed by atoms with van der Waals surface area (Å²) in [5.74, 6) is -2.25. The van der Waals surface area contributed by atoms with Crippen molar-refractivity contribution < 1.29 is 14.4 Å². The maximum atomic E-state index is 13.4. The molecule has 5 rings (SSSR count). The summed E-state index contributed by atoms with van der Waals surface area (Å²) in [6.07, 6.45) is 0. The van der Waals surface area contributed by atoms with Gasteiger partial charge in [0.25, 0.3) is 0 Å². The highest BCUT2D eigenvalue weighted by Crippen LogP contribution is 2.52. The van der Waals surface area contributed by atoms with Crippen LogP contribution in [0.1, 0.15) is 18.1 Å². The number of rotatable bonds is 2. The summed E-state index contributed by atoms with van der Waals surface area (Å²) in [6.45, 7) is 1.96. The molecule has 0 aromatic heterocycles. The van der Waals surface area contributed by atoms with E-state index in [1.807, 2.05) is 37.3 Å². The lowest BCUT2D eigenvalue weighted by molar-refractivity contribution is -0.143. The second-order valence-corrected chi connectivity index (χ2v) is 8.01. The summed E-state index contributed by atoms with van der Waals surface area (Å²) in [5, 5.41) is 6.66. The molecule has 0 aliphatic carbocycles. The molecule has 3 amide bonds. The smallest absolute Gasteiger partial charge is 0.250 e. The quantitative estimate of drug-likeness (QED) is 0.765. The Morgan fingerprint density at radius 1 is 1.04 bits per heavy atom. The number of nitrogens with one attached hydrogen (secondary N) is 2. The molecular weight excluding hydrogens is 378 g/mol. The molecule has 3 aliphatic heterocycles. The largest absolute Gasteiger partial charge is 0.324 e. The van der Waals surface area contributed by atoms with Gasteiger partial charge in [0.2, 0.25) is 17.7 Å².